The maximum Gasteiger partial charge on any atom is 0.334 e. The highest BCUT2D eigenvalue weighted by atomic mass is 16.5. The van der Waals surface area contributed by atoms with E-state index in [1.54, 1.807) is 7.11 Å². The minimum atomic E-state index is -0.340. The summed E-state index contributed by atoms with van der Waals surface area (Å²) >= 11 is 0. The number of cyclic esters (lactones) is 1. The molecule has 3 heteroatoms. The lowest BCUT2D eigenvalue weighted by Crippen LogP contribution is -2.23. The summed E-state index contributed by atoms with van der Waals surface area (Å²) in [5.74, 6) is -0.291. The number of ether oxygens (including phenoxy) is 2. The molecular weight excluding hydrogens is 228 g/mol. The molecule has 1 heterocycles. The smallest absolute Gasteiger partial charge is 0.334 e. The highest BCUT2D eigenvalue weighted by Gasteiger charge is 2.42. The maximum absolute atomic E-state index is 11.4. The quantitative estimate of drug-likeness (QED) is 0.605. The Labute approximate surface area is 107 Å². The first-order valence-corrected chi connectivity index (χ1v) is 6.01. The molecule has 0 N–H and O–H groups in total. The van der Waals surface area contributed by atoms with E-state index in [0.717, 1.165) is 5.56 Å². The third-order valence-electron chi connectivity index (χ3n) is 3.59. The van der Waals surface area contributed by atoms with E-state index in [1.165, 1.54) is 0 Å². The van der Waals surface area contributed by atoms with Crippen LogP contribution in [0.4, 0.5) is 0 Å². The van der Waals surface area contributed by atoms with Gasteiger partial charge in [0.25, 0.3) is 0 Å². The molecule has 0 amide bonds. The first-order valence-electron chi connectivity index (χ1n) is 6.01. The van der Waals surface area contributed by atoms with Crippen molar-refractivity contribution in [2.75, 3.05) is 13.7 Å². The molecule has 3 nitrogen and oxygen atoms in total. The number of methoxy groups -OCH3 is 1. The fraction of sp³-hybridized carbons (Fsp3) is 0.400. The van der Waals surface area contributed by atoms with Crippen molar-refractivity contribution in [3.05, 3.63) is 48.0 Å². The van der Waals surface area contributed by atoms with Crippen LogP contribution < -0.4 is 0 Å². The van der Waals surface area contributed by atoms with E-state index in [9.17, 15) is 4.79 Å². The monoisotopic (exact) mass is 246 g/mol. The summed E-state index contributed by atoms with van der Waals surface area (Å²) in [7, 11) is 1.68. The van der Waals surface area contributed by atoms with Gasteiger partial charge in [-0.15, -0.1) is 0 Å². The zero-order chi connectivity index (χ0) is 13.2. The number of benzene rings is 1. The van der Waals surface area contributed by atoms with Crippen molar-refractivity contribution in [2.45, 2.75) is 19.4 Å². The van der Waals surface area contributed by atoms with Gasteiger partial charge in [-0.3, -0.25) is 0 Å². The van der Waals surface area contributed by atoms with Crippen LogP contribution in [0.5, 0.6) is 0 Å². The molecule has 0 spiro atoms. The lowest BCUT2D eigenvalue weighted by atomic mass is 9.79. The summed E-state index contributed by atoms with van der Waals surface area (Å²) in [5, 5.41) is 0. The van der Waals surface area contributed by atoms with E-state index in [4.69, 9.17) is 9.47 Å². The Kier molecular flexibility index (Phi) is 3.53. The van der Waals surface area contributed by atoms with Gasteiger partial charge in [0.15, 0.2) is 0 Å². The van der Waals surface area contributed by atoms with Crippen molar-refractivity contribution in [3.8, 4) is 0 Å². The van der Waals surface area contributed by atoms with Crippen molar-refractivity contribution in [1.29, 1.82) is 0 Å². The highest BCUT2D eigenvalue weighted by Crippen LogP contribution is 2.41. The summed E-state index contributed by atoms with van der Waals surface area (Å²) in [5.41, 5.74) is 1.31. The molecule has 1 saturated heterocycles. The molecule has 0 radical (unpaired) electrons. The van der Waals surface area contributed by atoms with Gasteiger partial charge >= 0.3 is 5.97 Å². The first kappa shape index (κ1) is 12.8. The first-order chi connectivity index (χ1) is 8.57. The average molecular weight is 246 g/mol. The van der Waals surface area contributed by atoms with E-state index < -0.39 is 0 Å². The molecule has 1 aliphatic heterocycles. The van der Waals surface area contributed by atoms with E-state index in [1.807, 2.05) is 37.3 Å². The normalized spacial score (nSPS) is 25.0. The van der Waals surface area contributed by atoms with Crippen molar-refractivity contribution in [1.82, 2.24) is 0 Å². The number of rotatable bonds is 4. The molecule has 0 aliphatic carbocycles. The van der Waals surface area contributed by atoms with Gasteiger partial charge in [-0.2, -0.15) is 0 Å². The van der Waals surface area contributed by atoms with Gasteiger partial charge in [0.2, 0.25) is 0 Å². The Morgan fingerprint density at radius 2 is 2.11 bits per heavy atom. The number of hydrogen-bond acceptors (Lipinski definition) is 3. The van der Waals surface area contributed by atoms with Crippen LogP contribution >= 0.6 is 0 Å². The number of hydrogen-bond donors (Lipinski definition) is 0. The molecule has 18 heavy (non-hydrogen) atoms. The van der Waals surface area contributed by atoms with Gasteiger partial charge in [0.1, 0.15) is 6.61 Å². The summed E-state index contributed by atoms with van der Waals surface area (Å²) in [6.45, 7) is 6.22. The topological polar surface area (TPSA) is 35.5 Å². The average Bonchev–Trinajstić information content (AvgIpc) is 2.65. The fourth-order valence-corrected chi connectivity index (χ4v) is 2.24. The van der Waals surface area contributed by atoms with Gasteiger partial charge in [-0.05, 0) is 12.0 Å². The summed E-state index contributed by atoms with van der Waals surface area (Å²) in [4.78, 5) is 11.4. The van der Waals surface area contributed by atoms with Crippen LogP contribution in [0, 0.1) is 5.41 Å². The van der Waals surface area contributed by atoms with Crippen LogP contribution in [0.1, 0.15) is 25.0 Å². The second-order valence-corrected chi connectivity index (χ2v) is 4.95. The van der Waals surface area contributed by atoms with Crippen LogP contribution in [0.2, 0.25) is 0 Å². The number of carbonyl (C=O) groups excluding carboxylic acids is 1. The largest absolute Gasteiger partial charge is 0.461 e. The third-order valence-corrected chi connectivity index (χ3v) is 3.59. The molecule has 2 unspecified atom stereocenters. The number of esters is 1. The van der Waals surface area contributed by atoms with Crippen LogP contribution in [-0.2, 0) is 14.3 Å². The summed E-state index contributed by atoms with van der Waals surface area (Å²) in [6.07, 6.45) is 0.639. The predicted molar refractivity (Wildman–Crippen MR) is 69.0 cm³/mol. The third kappa shape index (κ3) is 2.31. The van der Waals surface area contributed by atoms with Gasteiger partial charge in [-0.1, -0.05) is 43.8 Å². The molecular formula is C15H18O3. The van der Waals surface area contributed by atoms with Gasteiger partial charge in [0.05, 0.1) is 6.10 Å². The lowest BCUT2D eigenvalue weighted by molar-refractivity contribution is -0.135. The minimum Gasteiger partial charge on any atom is -0.461 e. The molecule has 1 aromatic rings. The second-order valence-electron chi connectivity index (χ2n) is 4.95. The highest BCUT2D eigenvalue weighted by molar-refractivity contribution is 5.91. The Bertz CT molecular complexity index is 452. The second kappa shape index (κ2) is 4.94. The van der Waals surface area contributed by atoms with Gasteiger partial charge in [0, 0.05) is 18.1 Å². The van der Waals surface area contributed by atoms with E-state index >= 15 is 0 Å². The molecule has 0 bridgehead atoms. The molecule has 1 aromatic carbocycles. The van der Waals surface area contributed by atoms with Crippen LogP contribution in [0.25, 0.3) is 0 Å². The van der Waals surface area contributed by atoms with E-state index in [-0.39, 0.29) is 17.5 Å². The number of carbonyl (C=O) groups is 1. The predicted octanol–water partition coefficient (Wildman–Crippen LogP) is 2.88. The Morgan fingerprint density at radius 3 is 2.61 bits per heavy atom. The molecule has 96 valence electrons. The standard InChI is InChI=1S/C15H18O3/c1-11-14(16)18-10-15(11,2)9-13(17-3)12-7-5-4-6-8-12/h4-8,13H,1,9-10H2,2-3H3. The Hall–Kier alpha value is -1.61. The van der Waals surface area contributed by atoms with Crippen LogP contribution in [0.15, 0.2) is 42.5 Å². The van der Waals surface area contributed by atoms with Crippen LogP contribution in [0.3, 0.4) is 0 Å². The Balaban J connectivity index is 2.17. The maximum atomic E-state index is 11.4. The fourth-order valence-electron chi connectivity index (χ4n) is 2.24. The lowest BCUT2D eigenvalue weighted by Gasteiger charge is -2.27. The molecule has 1 fully saturated rings. The molecule has 0 saturated carbocycles. The molecule has 0 aromatic heterocycles. The van der Waals surface area contributed by atoms with Crippen molar-refractivity contribution in [2.24, 2.45) is 5.41 Å². The van der Waals surface area contributed by atoms with Gasteiger partial charge in [-0.25, -0.2) is 4.79 Å². The summed E-state index contributed by atoms with van der Waals surface area (Å²) < 4.78 is 10.6. The molecule has 2 rings (SSSR count). The van der Waals surface area contributed by atoms with Crippen LogP contribution in [-0.4, -0.2) is 19.7 Å². The zero-order valence-corrected chi connectivity index (χ0v) is 10.8. The molecule has 1 aliphatic rings. The SMILES string of the molecule is C=C1C(=O)OCC1(C)CC(OC)c1ccccc1. The van der Waals surface area contributed by atoms with Crippen molar-refractivity contribution >= 4 is 5.97 Å². The minimum absolute atomic E-state index is 0.0533. The van der Waals surface area contributed by atoms with E-state index in [0.29, 0.717) is 18.6 Å². The van der Waals surface area contributed by atoms with Crippen molar-refractivity contribution < 1.29 is 14.3 Å². The summed E-state index contributed by atoms with van der Waals surface area (Å²) in [6, 6.07) is 9.98. The van der Waals surface area contributed by atoms with Gasteiger partial charge < -0.3 is 9.47 Å². The zero-order valence-electron chi connectivity index (χ0n) is 10.8. The van der Waals surface area contributed by atoms with E-state index in [2.05, 4.69) is 6.58 Å². The van der Waals surface area contributed by atoms with Crippen molar-refractivity contribution in [3.63, 3.8) is 0 Å². The molecule has 2 atom stereocenters. The Morgan fingerprint density at radius 1 is 1.44 bits per heavy atom.